The number of aromatic nitrogens is 1. The van der Waals surface area contributed by atoms with Gasteiger partial charge in [0, 0.05) is 5.02 Å². The predicted molar refractivity (Wildman–Crippen MR) is 102 cm³/mol. The lowest BCUT2D eigenvalue weighted by Gasteiger charge is -1.95. The molecule has 1 aliphatic rings. The van der Waals surface area contributed by atoms with Crippen molar-refractivity contribution in [3.8, 4) is 0 Å². The Labute approximate surface area is 151 Å². The summed E-state index contributed by atoms with van der Waals surface area (Å²) >= 11 is 8.68. The lowest BCUT2D eigenvalue weighted by Crippen LogP contribution is -2.19. The van der Waals surface area contributed by atoms with Crippen molar-refractivity contribution in [2.24, 2.45) is 4.99 Å². The van der Waals surface area contributed by atoms with Gasteiger partial charge in [0.15, 0.2) is 5.17 Å². The molecule has 7 heteroatoms. The Morgan fingerprint density at radius 1 is 1.12 bits per heavy atom. The molecular formula is C17H10ClN3OS2. The maximum Gasteiger partial charge on any atom is 0.264 e. The zero-order valence-corrected chi connectivity index (χ0v) is 14.6. The van der Waals surface area contributed by atoms with E-state index in [4.69, 9.17) is 11.6 Å². The molecule has 1 aliphatic heterocycles. The van der Waals surface area contributed by atoms with E-state index in [2.05, 4.69) is 15.3 Å². The Bertz CT molecular complexity index is 959. The second-order valence-corrected chi connectivity index (χ2v) is 7.47. The molecule has 1 N–H and O–H groups in total. The van der Waals surface area contributed by atoms with Gasteiger partial charge >= 0.3 is 0 Å². The topological polar surface area (TPSA) is 54.4 Å². The number of thiazole rings is 1. The monoisotopic (exact) mass is 371 g/mol. The summed E-state index contributed by atoms with van der Waals surface area (Å²) in [4.78, 5) is 21.6. The molecule has 1 amide bonds. The number of amidine groups is 1. The fourth-order valence-corrected chi connectivity index (χ4v) is 4.03. The maximum absolute atomic E-state index is 12.1. The van der Waals surface area contributed by atoms with Crippen LogP contribution in [0.2, 0.25) is 5.02 Å². The van der Waals surface area contributed by atoms with Crippen molar-refractivity contribution in [3.05, 3.63) is 64.0 Å². The Morgan fingerprint density at radius 2 is 1.92 bits per heavy atom. The number of amides is 1. The highest BCUT2D eigenvalue weighted by Gasteiger charge is 2.24. The van der Waals surface area contributed by atoms with Gasteiger partial charge in [-0.2, -0.15) is 4.99 Å². The van der Waals surface area contributed by atoms with Crippen LogP contribution in [-0.2, 0) is 4.79 Å². The zero-order chi connectivity index (χ0) is 16.5. The van der Waals surface area contributed by atoms with Crippen molar-refractivity contribution in [1.82, 2.24) is 10.3 Å². The van der Waals surface area contributed by atoms with Crippen molar-refractivity contribution in [2.75, 3.05) is 0 Å². The number of carbonyl (C=O) groups excluding carboxylic acids is 1. The van der Waals surface area contributed by atoms with Gasteiger partial charge in [-0.1, -0.05) is 47.2 Å². The highest BCUT2D eigenvalue weighted by atomic mass is 35.5. The Morgan fingerprint density at radius 3 is 2.71 bits per heavy atom. The van der Waals surface area contributed by atoms with Gasteiger partial charge in [-0.25, -0.2) is 4.98 Å². The highest BCUT2D eigenvalue weighted by molar-refractivity contribution is 8.18. The number of fused-ring (bicyclic) bond motifs is 1. The van der Waals surface area contributed by atoms with E-state index in [1.165, 1.54) is 23.1 Å². The number of aliphatic imine (C=N–C) groups is 1. The van der Waals surface area contributed by atoms with Crippen LogP contribution in [0.15, 0.2) is 58.4 Å². The molecule has 0 radical (unpaired) electrons. The number of nitrogens with one attached hydrogen (secondary N) is 1. The van der Waals surface area contributed by atoms with E-state index in [-0.39, 0.29) is 5.91 Å². The number of para-hydroxylation sites is 1. The Kier molecular flexibility index (Phi) is 4.10. The second-order valence-electron chi connectivity index (χ2n) is 5.00. The number of nitrogens with zero attached hydrogens (tertiary/aromatic N) is 2. The third kappa shape index (κ3) is 3.21. The zero-order valence-electron chi connectivity index (χ0n) is 12.2. The molecule has 0 atom stereocenters. The van der Waals surface area contributed by atoms with E-state index < -0.39 is 0 Å². The van der Waals surface area contributed by atoms with Gasteiger partial charge < -0.3 is 5.32 Å². The van der Waals surface area contributed by atoms with Crippen LogP contribution in [-0.4, -0.2) is 16.1 Å². The van der Waals surface area contributed by atoms with Crippen molar-refractivity contribution < 1.29 is 4.79 Å². The number of thioether (sulfide) groups is 1. The molecule has 1 aromatic heterocycles. The summed E-state index contributed by atoms with van der Waals surface area (Å²) in [5, 5.41) is 4.61. The Balaban J connectivity index is 1.60. The number of hydrogen-bond acceptors (Lipinski definition) is 5. The third-order valence-electron chi connectivity index (χ3n) is 3.30. The van der Waals surface area contributed by atoms with Crippen molar-refractivity contribution in [1.29, 1.82) is 0 Å². The first-order chi connectivity index (χ1) is 11.7. The fraction of sp³-hybridized carbons (Fsp3) is 0. The standard InChI is InChI=1S/C17H10ClN3OS2/c18-11-7-5-10(6-8-11)9-14-15(22)20-17(24-14)21-16-19-12-3-1-2-4-13(12)23-16/h1-9H,(H,19,20,21,22)/b14-9-. The first-order valence-corrected chi connectivity index (χ1v) is 9.09. The average Bonchev–Trinajstić information content (AvgIpc) is 3.12. The normalized spacial score (nSPS) is 17.8. The smallest absolute Gasteiger partial charge is 0.264 e. The van der Waals surface area contributed by atoms with Crippen LogP contribution in [0.3, 0.4) is 0 Å². The molecule has 3 aromatic rings. The Hall–Kier alpha value is -2.15. The molecule has 0 bridgehead atoms. The van der Waals surface area contributed by atoms with Gasteiger partial charge in [-0.05, 0) is 47.7 Å². The first kappa shape index (κ1) is 15.4. The van der Waals surface area contributed by atoms with E-state index in [0.717, 1.165) is 15.8 Å². The fourth-order valence-electron chi connectivity index (χ4n) is 2.19. The van der Waals surface area contributed by atoms with Crippen LogP contribution in [0, 0.1) is 0 Å². The number of hydrogen-bond donors (Lipinski definition) is 1. The summed E-state index contributed by atoms with van der Waals surface area (Å²) in [5.74, 6) is -0.158. The van der Waals surface area contributed by atoms with E-state index in [0.29, 0.717) is 20.2 Å². The van der Waals surface area contributed by atoms with Crippen LogP contribution in [0.1, 0.15) is 5.56 Å². The molecule has 2 aromatic carbocycles. The lowest BCUT2D eigenvalue weighted by atomic mass is 10.2. The highest BCUT2D eigenvalue weighted by Crippen LogP contribution is 2.32. The molecule has 1 saturated heterocycles. The van der Waals surface area contributed by atoms with Crippen LogP contribution >= 0.6 is 34.7 Å². The van der Waals surface area contributed by atoms with Crippen LogP contribution in [0.4, 0.5) is 5.13 Å². The molecule has 0 spiro atoms. The van der Waals surface area contributed by atoms with E-state index in [1.807, 2.05) is 42.5 Å². The van der Waals surface area contributed by atoms with Gasteiger partial charge in [0.05, 0.1) is 15.1 Å². The minimum absolute atomic E-state index is 0.158. The summed E-state index contributed by atoms with van der Waals surface area (Å²) in [6.45, 7) is 0. The lowest BCUT2D eigenvalue weighted by molar-refractivity contribution is -0.115. The summed E-state index contributed by atoms with van der Waals surface area (Å²) in [5.41, 5.74) is 1.83. The molecule has 1 fully saturated rings. The number of benzene rings is 2. The van der Waals surface area contributed by atoms with E-state index in [9.17, 15) is 4.79 Å². The number of halogens is 1. The average molecular weight is 372 g/mol. The number of carbonyl (C=O) groups is 1. The summed E-state index contributed by atoms with van der Waals surface area (Å²) < 4.78 is 1.07. The van der Waals surface area contributed by atoms with Crippen molar-refractivity contribution in [3.63, 3.8) is 0 Å². The summed E-state index contributed by atoms with van der Waals surface area (Å²) in [6, 6.07) is 15.2. The summed E-state index contributed by atoms with van der Waals surface area (Å²) in [6.07, 6.45) is 1.82. The third-order valence-corrected chi connectivity index (χ3v) is 5.39. The minimum Gasteiger partial charge on any atom is -0.300 e. The molecular weight excluding hydrogens is 362 g/mol. The van der Waals surface area contributed by atoms with Crippen LogP contribution in [0.5, 0.6) is 0 Å². The molecule has 4 rings (SSSR count). The molecule has 4 nitrogen and oxygen atoms in total. The molecule has 2 heterocycles. The quantitative estimate of drug-likeness (QED) is 0.655. The molecule has 0 unspecified atom stereocenters. The van der Waals surface area contributed by atoms with Crippen molar-refractivity contribution in [2.45, 2.75) is 0 Å². The molecule has 24 heavy (non-hydrogen) atoms. The SMILES string of the molecule is O=C1NC(=Nc2nc3ccccc3s2)S/C1=C\c1ccc(Cl)cc1. The van der Waals surface area contributed by atoms with Gasteiger partial charge in [0.1, 0.15) is 0 Å². The molecule has 118 valence electrons. The minimum atomic E-state index is -0.158. The van der Waals surface area contributed by atoms with Gasteiger partial charge in [0.2, 0.25) is 5.13 Å². The molecule has 0 saturated carbocycles. The maximum atomic E-state index is 12.1. The molecule has 0 aliphatic carbocycles. The van der Waals surface area contributed by atoms with Crippen molar-refractivity contribution >= 4 is 67.2 Å². The van der Waals surface area contributed by atoms with Crippen LogP contribution in [0.25, 0.3) is 16.3 Å². The van der Waals surface area contributed by atoms with E-state index in [1.54, 1.807) is 12.1 Å². The van der Waals surface area contributed by atoms with E-state index >= 15 is 0 Å². The van der Waals surface area contributed by atoms with Gasteiger partial charge in [-0.3, -0.25) is 4.79 Å². The predicted octanol–water partition coefficient (Wildman–Crippen LogP) is 4.84. The van der Waals surface area contributed by atoms with Gasteiger partial charge in [-0.15, -0.1) is 0 Å². The number of rotatable bonds is 2. The summed E-state index contributed by atoms with van der Waals surface area (Å²) in [7, 11) is 0. The van der Waals surface area contributed by atoms with Crippen LogP contribution < -0.4 is 5.32 Å². The second kappa shape index (κ2) is 6.39. The van der Waals surface area contributed by atoms with Gasteiger partial charge in [0.25, 0.3) is 5.91 Å². The first-order valence-electron chi connectivity index (χ1n) is 7.08. The largest absolute Gasteiger partial charge is 0.300 e.